The van der Waals surface area contributed by atoms with Crippen molar-refractivity contribution in [2.45, 2.75) is 244 Å². The molecule has 0 aliphatic carbocycles. The predicted octanol–water partition coefficient (Wildman–Crippen LogP) is 13.9. The number of carbonyl (C=O) groups excluding carboxylic acids is 2. The lowest BCUT2D eigenvalue weighted by Gasteiger charge is -2.20. The maximum Gasteiger partial charge on any atom is 0.472 e. The fourth-order valence-electron chi connectivity index (χ4n) is 7.01. The first kappa shape index (κ1) is 59.2. The van der Waals surface area contributed by atoms with E-state index < -0.39 is 51.8 Å². The number of phosphoric acid groups is 1. The van der Waals surface area contributed by atoms with Gasteiger partial charge in [-0.25, -0.2) is 4.57 Å². The molecule has 1 unspecified atom stereocenters. The van der Waals surface area contributed by atoms with Gasteiger partial charge in [0.15, 0.2) is 6.10 Å². The SMILES string of the molecule is CC/C=C/C/C=C/C/C=C/CCCCCCCC(=O)OC[C@H](COP(=O)(O)OC[C@@H](O)CO)OC(=O)CCCCCCCCCCCCCCCCCCCCCCCCC. The van der Waals surface area contributed by atoms with Crippen LogP contribution in [0.15, 0.2) is 36.5 Å². The van der Waals surface area contributed by atoms with Gasteiger partial charge in [-0.1, -0.05) is 211 Å². The van der Waals surface area contributed by atoms with Crippen LogP contribution in [0.1, 0.15) is 232 Å². The van der Waals surface area contributed by atoms with Crippen molar-refractivity contribution in [3.05, 3.63) is 36.5 Å². The van der Waals surface area contributed by atoms with E-state index in [1.54, 1.807) is 0 Å². The molecule has 3 atom stereocenters. The van der Waals surface area contributed by atoms with Crippen LogP contribution in [0.5, 0.6) is 0 Å². The summed E-state index contributed by atoms with van der Waals surface area (Å²) in [6.07, 6.45) is 49.8. The average Bonchev–Trinajstić information content (AvgIpc) is 3.25. The normalized spacial score (nSPS) is 14.0. The van der Waals surface area contributed by atoms with Crippen molar-refractivity contribution >= 4 is 19.8 Å². The highest BCUT2D eigenvalue weighted by atomic mass is 31.2. The Hall–Kier alpha value is -1.81. The van der Waals surface area contributed by atoms with Crippen LogP contribution >= 0.6 is 7.82 Å². The van der Waals surface area contributed by atoms with E-state index in [1.165, 1.54) is 122 Å². The summed E-state index contributed by atoms with van der Waals surface area (Å²) in [6, 6.07) is 0. The van der Waals surface area contributed by atoms with Gasteiger partial charge in [0.2, 0.25) is 0 Å². The molecule has 0 aliphatic rings. The molecule has 0 heterocycles. The number of rotatable bonds is 47. The predicted molar refractivity (Wildman–Crippen MR) is 251 cm³/mol. The fraction of sp³-hybridized carbons (Fsp3) is 0.840. The third kappa shape index (κ3) is 46.0. The minimum atomic E-state index is -4.62. The van der Waals surface area contributed by atoms with Crippen molar-refractivity contribution < 1.29 is 47.8 Å². The number of hydrogen-bond donors (Lipinski definition) is 3. The molecule has 0 amide bonds. The molecule has 11 heteroatoms. The molecule has 0 saturated heterocycles. The maximum absolute atomic E-state index is 12.7. The van der Waals surface area contributed by atoms with Crippen molar-refractivity contribution in [1.29, 1.82) is 0 Å². The first-order chi connectivity index (χ1) is 29.7. The van der Waals surface area contributed by atoms with Gasteiger partial charge in [-0.15, -0.1) is 0 Å². The van der Waals surface area contributed by atoms with Gasteiger partial charge in [-0.05, 0) is 44.9 Å². The van der Waals surface area contributed by atoms with Crippen LogP contribution in [0.2, 0.25) is 0 Å². The number of phosphoric ester groups is 1. The first-order valence-corrected chi connectivity index (χ1v) is 26.4. The van der Waals surface area contributed by atoms with Gasteiger partial charge in [-0.3, -0.25) is 18.6 Å². The number of ether oxygens (including phenoxy) is 2. The molecular weight excluding hydrogens is 792 g/mol. The average molecular weight is 885 g/mol. The van der Waals surface area contributed by atoms with Crippen LogP contribution in [-0.4, -0.2) is 65.7 Å². The standard InChI is InChI=1S/C50H93O10P/c1-3-5-7-9-11-13-15-17-19-20-21-22-23-24-25-26-28-30-32-34-36-38-40-42-50(54)60-48(46-59-61(55,56)58-44-47(52)43-51)45-57-49(53)41-39-37-35-33-31-29-27-18-16-14-12-10-8-6-4-2/h6,8,12,14,18,27,47-48,51-52H,3-5,7,9-11,13,15-17,19-26,28-46H2,1-2H3,(H,55,56)/b8-6+,14-12+,27-18+/t47-,48+/m0/s1. The minimum absolute atomic E-state index is 0.184. The van der Waals surface area contributed by atoms with Crippen molar-refractivity contribution in [2.24, 2.45) is 0 Å². The molecule has 0 aromatic carbocycles. The second-order valence-electron chi connectivity index (χ2n) is 16.8. The summed E-state index contributed by atoms with van der Waals surface area (Å²) in [5.74, 6) is -0.935. The van der Waals surface area contributed by atoms with Crippen LogP contribution in [0, 0.1) is 0 Å². The molecule has 0 rings (SSSR count). The number of aliphatic hydroxyl groups is 2. The van der Waals surface area contributed by atoms with Crippen LogP contribution in [-0.2, 0) is 32.7 Å². The number of allylic oxidation sites excluding steroid dienone is 6. The molecule has 61 heavy (non-hydrogen) atoms. The van der Waals surface area contributed by atoms with E-state index in [2.05, 4.69) is 50.3 Å². The maximum atomic E-state index is 12.7. The second kappa shape index (κ2) is 46.2. The van der Waals surface area contributed by atoms with Gasteiger partial charge >= 0.3 is 19.8 Å². The summed E-state index contributed by atoms with van der Waals surface area (Å²) < 4.78 is 32.8. The quantitative estimate of drug-likeness (QED) is 0.0233. The summed E-state index contributed by atoms with van der Waals surface area (Å²) in [4.78, 5) is 35.1. The van der Waals surface area contributed by atoms with E-state index in [9.17, 15) is 24.2 Å². The number of carbonyl (C=O) groups is 2. The molecule has 0 fully saturated rings. The molecular formula is C50H93O10P. The van der Waals surface area contributed by atoms with E-state index in [0.717, 1.165) is 70.6 Å². The topological polar surface area (TPSA) is 149 Å². The Labute approximate surface area is 373 Å². The molecule has 3 N–H and O–H groups in total. The Morgan fingerprint density at radius 3 is 1.36 bits per heavy atom. The summed E-state index contributed by atoms with van der Waals surface area (Å²) >= 11 is 0. The summed E-state index contributed by atoms with van der Waals surface area (Å²) in [6.45, 7) is 2.29. The van der Waals surface area contributed by atoms with Gasteiger partial charge in [0, 0.05) is 12.8 Å². The number of hydrogen-bond acceptors (Lipinski definition) is 9. The Kier molecular flexibility index (Phi) is 44.8. The molecule has 10 nitrogen and oxygen atoms in total. The highest BCUT2D eigenvalue weighted by molar-refractivity contribution is 7.47. The molecule has 358 valence electrons. The van der Waals surface area contributed by atoms with Gasteiger partial charge in [0.25, 0.3) is 0 Å². The van der Waals surface area contributed by atoms with Gasteiger partial charge < -0.3 is 24.6 Å². The summed E-state index contributed by atoms with van der Waals surface area (Å²) in [5.41, 5.74) is 0. The van der Waals surface area contributed by atoms with E-state index >= 15 is 0 Å². The van der Waals surface area contributed by atoms with Crippen molar-refractivity contribution in [3.8, 4) is 0 Å². The molecule has 0 aromatic heterocycles. The lowest BCUT2D eigenvalue weighted by Crippen LogP contribution is -2.29. The molecule has 0 aliphatic heterocycles. The van der Waals surface area contributed by atoms with Crippen LogP contribution in [0.3, 0.4) is 0 Å². The summed E-state index contributed by atoms with van der Waals surface area (Å²) in [5, 5.41) is 18.4. The van der Waals surface area contributed by atoms with Gasteiger partial charge in [0.05, 0.1) is 19.8 Å². The molecule has 0 spiro atoms. The van der Waals surface area contributed by atoms with Crippen LogP contribution in [0.4, 0.5) is 0 Å². The Bertz CT molecular complexity index is 1110. The van der Waals surface area contributed by atoms with Gasteiger partial charge in [-0.2, -0.15) is 0 Å². The number of unbranched alkanes of at least 4 members (excludes halogenated alkanes) is 27. The fourth-order valence-corrected chi connectivity index (χ4v) is 7.80. The van der Waals surface area contributed by atoms with E-state index in [4.69, 9.17) is 23.6 Å². The number of aliphatic hydroxyl groups excluding tert-OH is 2. The highest BCUT2D eigenvalue weighted by Gasteiger charge is 2.27. The zero-order valence-corrected chi connectivity index (χ0v) is 40.0. The van der Waals surface area contributed by atoms with Gasteiger partial charge in [0.1, 0.15) is 12.7 Å². The molecule has 0 aromatic rings. The third-order valence-corrected chi connectivity index (χ3v) is 11.8. The molecule has 0 saturated carbocycles. The third-order valence-electron chi connectivity index (χ3n) is 10.8. The van der Waals surface area contributed by atoms with Crippen molar-refractivity contribution in [2.75, 3.05) is 26.4 Å². The number of esters is 2. The summed E-state index contributed by atoms with van der Waals surface area (Å²) in [7, 11) is -4.62. The zero-order chi connectivity index (χ0) is 44.8. The van der Waals surface area contributed by atoms with E-state index in [1.807, 2.05) is 0 Å². The lowest BCUT2D eigenvalue weighted by atomic mass is 10.0. The largest absolute Gasteiger partial charge is 0.472 e. The molecule has 0 radical (unpaired) electrons. The zero-order valence-electron chi connectivity index (χ0n) is 39.1. The smallest absolute Gasteiger partial charge is 0.462 e. The lowest BCUT2D eigenvalue weighted by molar-refractivity contribution is -0.161. The minimum Gasteiger partial charge on any atom is -0.462 e. The highest BCUT2D eigenvalue weighted by Crippen LogP contribution is 2.43. The van der Waals surface area contributed by atoms with Crippen molar-refractivity contribution in [3.63, 3.8) is 0 Å². The van der Waals surface area contributed by atoms with E-state index in [-0.39, 0.29) is 19.4 Å². The van der Waals surface area contributed by atoms with Crippen LogP contribution in [0.25, 0.3) is 0 Å². The Morgan fingerprint density at radius 1 is 0.508 bits per heavy atom. The first-order valence-electron chi connectivity index (χ1n) is 24.9. The monoisotopic (exact) mass is 885 g/mol. The van der Waals surface area contributed by atoms with E-state index in [0.29, 0.717) is 12.8 Å². The molecule has 0 bridgehead atoms. The Balaban J connectivity index is 4.15. The second-order valence-corrected chi connectivity index (χ2v) is 18.3. The Morgan fingerprint density at radius 2 is 0.902 bits per heavy atom. The van der Waals surface area contributed by atoms with Crippen molar-refractivity contribution in [1.82, 2.24) is 0 Å². The van der Waals surface area contributed by atoms with Crippen LogP contribution < -0.4 is 0 Å².